The van der Waals surface area contributed by atoms with E-state index in [-0.39, 0.29) is 0 Å². The Kier molecular flexibility index (Phi) is 2.23. The van der Waals surface area contributed by atoms with E-state index in [4.69, 9.17) is 5.73 Å². The molecule has 0 bridgehead atoms. The van der Waals surface area contributed by atoms with Gasteiger partial charge in [-0.2, -0.15) is 0 Å². The topological polar surface area (TPSA) is 29.3 Å². The van der Waals surface area contributed by atoms with E-state index >= 15 is 0 Å². The van der Waals surface area contributed by atoms with Crippen molar-refractivity contribution in [1.29, 1.82) is 0 Å². The van der Waals surface area contributed by atoms with Crippen LogP contribution >= 0.6 is 0 Å². The van der Waals surface area contributed by atoms with Gasteiger partial charge in [-0.05, 0) is 0 Å². The molecule has 32 valence electrons. The summed E-state index contributed by atoms with van der Waals surface area (Å²) in [6.07, 6.45) is 0. The minimum Gasteiger partial charge on any atom is -0.475 e. The molecule has 5 heavy (non-hydrogen) atoms. The van der Waals surface area contributed by atoms with Crippen molar-refractivity contribution in [3.63, 3.8) is 0 Å². The molecule has 0 aromatic heterocycles. The van der Waals surface area contributed by atoms with Crippen molar-refractivity contribution in [2.75, 3.05) is 13.7 Å². The third-order valence-corrected chi connectivity index (χ3v) is 0.183. The molecule has 0 spiro atoms. The predicted octanol–water partition coefficient (Wildman–Crippen LogP) is -1.89. The van der Waals surface area contributed by atoms with Crippen LogP contribution < -0.4 is 5.73 Å². The number of nitrogens with zero attached hydrogens (tertiary/aromatic N) is 1. The smallest absolute Gasteiger partial charge is 0.0157 e. The van der Waals surface area contributed by atoms with Crippen LogP contribution in [0.25, 0.3) is 0 Å². The zero-order chi connectivity index (χ0) is 4.28. The van der Waals surface area contributed by atoms with Crippen molar-refractivity contribution in [3.8, 4) is 0 Å². The van der Waals surface area contributed by atoms with Crippen LogP contribution in [0.3, 0.4) is 0 Å². The third kappa shape index (κ3) is 3.98. The fraction of sp³-hybridized carbons (Fsp3) is 1.00. The van der Waals surface area contributed by atoms with Crippen LogP contribution in [0.15, 0.2) is 0 Å². The van der Waals surface area contributed by atoms with E-state index in [2.05, 4.69) is 4.81 Å². The molecule has 0 rings (SSSR count). The van der Waals surface area contributed by atoms with Gasteiger partial charge in [0.2, 0.25) is 0 Å². The molecule has 2 N–H and O–H groups in total. The Morgan fingerprint density at radius 2 is 2.20 bits per heavy atom. The molecule has 0 radical (unpaired) electrons. The number of rotatable bonds is 1. The Morgan fingerprint density at radius 3 is 2.20 bits per heavy atom. The Labute approximate surface area is 33.4 Å². The Morgan fingerprint density at radius 1 is 2.00 bits per heavy atom. The molecule has 0 heterocycles. The van der Waals surface area contributed by atoms with Crippen molar-refractivity contribution in [2.45, 2.75) is 0 Å². The summed E-state index contributed by atoms with van der Waals surface area (Å²) < 4.78 is 0. The first kappa shape index (κ1) is 4.98. The van der Waals surface area contributed by atoms with Crippen LogP contribution in [-0.4, -0.2) is 26.5 Å². The van der Waals surface area contributed by atoms with E-state index in [1.54, 1.807) is 0 Å². The molecule has 0 amide bonds. The second-order valence-electron chi connectivity index (χ2n) is 0.499. The molecule has 0 saturated carbocycles. The second-order valence-corrected chi connectivity index (χ2v) is 0.499. The highest BCUT2D eigenvalue weighted by atomic mass is 15.1. The Hall–Kier alpha value is -0.0151. The number of hydrogen-bond acceptors (Lipinski definition) is 2. The molecule has 0 unspecified atom stereocenters. The van der Waals surface area contributed by atoms with Gasteiger partial charge in [0.15, 0.2) is 0 Å². The van der Waals surface area contributed by atoms with Crippen molar-refractivity contribution < 1.29 is 0 Å². The van der Waals surface area contributed by atoms with E-state index < -0.39 is 0 Å². The van der Waals surface area contributed by atoms with Gasteiger partial charge in [0.05, 0.1) is 0 Å². The standard InChI is InChI=1S/C2H10BN2/c1-5(3)2-4/h2,4H2,1,3H3/q-1. The van der Waals surface area contributed by atoms with Crippen LogP contribution in [0, 0.1) is 0 Å². The second kappa shape index (κ2) is 2.24. The van der Waals surface area contributed by atoms with E-state index in [0.717, 1.165) is 6.67 Å². The highest BCUT2D eigenvalue weighted by Gasteiger charge is 1.64. The predicted molar refractivity (Wildman–Crippen MR) is 26.8 cm³/mol. The summed E-state index contributed by atoms with van der Waals surface area (Å²) in [5.74, 6) is 0. The molecule has 0 aliphatic carbocycles. The first-order chi connectivity index (χ1) is 2.27. The molecule has 0 aliphatic heterocycles. The monoisotopic (exact) mass is 73.1 g/mol. The summed E-state index contributed by atoms with van der Waals surface area (Å²) in [6, 6.07) is 0. The maximum Gasteiger partial charge on any atom is 0.0157 e. The van der Waals surface area contributed by atoms with E-state index in [0.29, 0.717) is 7.98 Å². The van der Waals surface area contributed by atoms with Gasteiger partial charge >= 0.3 is 0 Å². The molecule has 0 fully saturated rings. The van der Waals surface area contributed by atoms with Crippen molar-refractivity contribution in [1.82, 2.24) is 4.81 Å². The molecule has 3 heteroatoms. The van der Waals surface area contributed by atoms with Gasteiger partial charge in [-0.3, -0.25) is 0 Å². The fourth-order valence-corrected chi connectivity index (χ4v) is 0. The normalized spacial score (nSPS) is 9.60. The summed E-state index contributed by atoms with van der Waals surface area (Å²) in [7, 11) is 2.44. The first-order valence-corrected chi connectivity index (χ1v) is 1.17. The van der Waals surface area contributed by atoms with Crippen molar-refractivity contribution in [2.24, 2.45) is 5.73 Å². The highest BCUT2D eigenvalue weighted by Crippen LogP contribution is 1.53. The number of nitrogens with two attached hydrogens (primary N) is 1. The van der Waals surface area contributed by atoms with E-state index in [1.807, 2.05) is 7.05 Å². The summed E-state index contributed by atoms with van der Waals surface area (Å²) in [6.45, 7) is 0.750. The lowest BCUT2D eigenvalue weighted by Gasteiger charge is -2.09. The third-order valence-electron chi connectivity index (χ3n) is 0.183. The molecule has 0 aromatic carbocycles. The van der Waals surface area contributed by atoms with Crippen LogP contribution in [0.4, 0.5) is 0 Å². The average Bonchev–Trinajstić information content (AvgIpc) is 1.38. The minimum absolute atomic E-state index is 0.396. The Balaban J connectivity index is 2.54. The van der Waals surface area contributed by atoms with Gasteiger partial charge in [0.1, 0.15) is 0 Å². The first-order valence-electron chi connectivity index (χ1n) is 1.17. The van der Waals surface area contributed by atoms with Crippen LogP contribution in [0.2, 0.25) is 0 Å². The van der Waals surface area contributed by atoms with Gasteiger partial charge < -0.3 is 10.5 Å². The van der Waals surface area contributed by atoms with Gasteiger partial charge in [-0.15, -0.1) is 0 Å². The van der Waals surface area contributed by atoms with Crippen molar-refractivity contribution in [3.05, 3.63) is 0 Å². The molecule has 0 saturated heterocycles. The molecule has 0 aromatic rings. The zero-order valence-electron chi connectivity index (χ0n) is 2.73. The van der Waals surface area contributed by atoms with Gasteiger partial charge in [0.25, 0.3) is 0 Å². The van der Waals surface area contributed by atoms with Gasteiger partial charge in [-0.25, -0.2) is 0 Å². The minimum atomic E-state index is 0.396. The summed E-state index contributed by atoms with van der Waals surface area (Å²) in [4.78, 5) is 2.15. The lowest BCUT2D eigenvalue weighted by molar-refractivity contribution is 0.565. The van der Waals surface area contributed by atoms with Crippen LogP contribution in [-0.2, 0) is 0 Å². The SMILES string of the molecule is [BH3-]N(C)CN. The molecule has 0 aliphatic rings. The molecular weight excluding hydrogens is 62.8 g/mol. The van der Waals surface area contributed by atoms with Gasteiger partial charge in [-0.1, -0.05) is 7.05 Å². The maximum atomic E-state index is 5.16. The summed E-state index contributed by atoms with van der Waals surface area (Å²) >= 11 is 0. The Bertz CT molecular complexity index is 21.6. The summed E-state index contributed by atoms with van der Waals surface area (Å²) in [5, 5.41) is 0. The maximum absolute atomic E-state index is 5.16. The van der Waals surface area contributed by atoms with Crippen molar-refractivity contribution >= 4 is 7.98 Å². The lowest BCUT2D eigenvalue weighted by atomic mass is 10.4. The molecule has 0 atom stereocenters. The fourth-order valence-electron chi connectivity index (χ4n) is 0. The van der Waals surface area contributed by atoms with Crippen LogP contribution in [0.5, 0.6) is 0 Å². The highest BCUT2D eigenvalue weighted by molar-refractivity contribution is 6.04. The zero-order valence-corrected chi connectivity index (χ0v) is 2.73. The van der Waals surface area contributed by atoms with Gasteiger partial charge in [0, 0.05) is 14.6 Å². The van der Waals surface area contributed by atoms with E-state index in [1.165, 1.54) is 0 Å². The molecule has 2 nitrogen and oxygen atoms in total. The van der Waals surface area contributed by atoms with Crippen LogP contribution in [0.1, 0.15) is 0 Å². The quantitative estimate of drug-likeness (QED) is 0.290. The lowest BCUT2D eigenvalue weighted by Crippen LogP contribution is -2.21. The van der Waals surface area contributed by atoms with E-state index in [9.17, 15) is 0 Å². The number of hydrogen-bond donors (Lipinski definition) is 1. The largest absolute Gasteiger partial charge is 0.475 e. The average molecular weight is 72.9 g/mol. The molecular formula is C2H10BN2-. The summed E-state index contributed by atoms with van der Waals surface area (Å²) in [5.41, 5.74) is 5.16.